The van der Waals surface area contributed by atoms with E-state index in [9.17, 15) is 4.79 Å². The molecule has 1 atom stereocenters. The third-order valence-corrected chi connectivity index (χ3v) is 2.02. The number of quaternary nitrogens is 1. The number of oxime groups is 1. The van der Waals surface area contributed by atoms with Crippen molar-refractivity contribution < 1.29 is 33.2 Å². The maximum atomic E-state index is 10.6. The van der Waals surface area contributed by atoms with E-state index >= 15 is 0 Å². The van der Waals surface area contributed by atoms with Crippen LogP contribution in [0.15, 0.2) is 29.4 Å². The highest BCUT2D eigenvalue weighted by molar-refractivity contribution is 5.79. The summed E-state index contributed by atoms with van der Waals surface area (Å²) in [6, 6.07) is 6.45. The van der Waals surface area contributed by atoms with E-state index in [4.69, 9.17) is 10.3 Å². The lowest BCUT2D eigenvalue weighted by molar-refractivity contribution is -0.407. The molecule has 0 aliphatic carbocycles. The summed E-state index contributed by atoms with van der Waals surface area (Å²) in [7, 11) is 0. The minimum atomic E-state index is -0.906. The summed E-state index contributed by atoms with van der Waals surface area (Å²) in [5.74, 6) is -0.906. The predicted octanol–water partition coefficient (Wildman–Crippen LogP) is -3.26. The second kappa shape index (κ2) is 6.81. The molecule has 0 aliphatic rings. The fourth-order valence-electron chi connectivity index (χ4n) is 1.18. The van der Waals surface area contributed by atoms with Crippen LogP contribution in [0.5, 0.6) is 0 Å². The second-order valence-corrected chi connectivity index (χ2v) is 3.23. The normalized spacial score (nSPS) is 12.1. The molecule has 0 saturated heterocycles. The van der Waals surface area contributed by atoms with Crippen molar-refractivity contribution in [2.75, 3.05) is 0 Å². The molecule has 16 heavy (non-hydrogen) atoms. The van der Waals surface area contributed by atoms with Gasteiger partial charge >= 0.3 is 5.97 Å². The number of aliphatic carboxylic acids is 1. The minimum absolute atomic E-state index is 0. The van der Waals surface area contributed by atoms with E-state index < -0.39 is 12.0 Å². The monoisotopic (exact) mass is 244 g/mol. The Morgan fingerprint density at radius 2 is 2.00 bits per heavy atom. The first-order valence-corrected chi connectivity index (χ1v) is 4.45. The van der Waals surface area contributed by atoms with Gasteiger partial charge in [0.25, 0.3) is 0 Å². The van der Waals surface area contributed by atoms with Crippen LogP contribution in [0.4, 0.5) is 0 Å². The van der Waals surface area contributed by atoms with Gasteiger partial charge in [0.1, 0.15) is 0 Å². The van der Waals surface area contributed by atoms with Crippen LogP contribution in [0.3, 0.4) is 0 Å². The molecule has 1 aromatic rings. The quantitative estimate of drug-likeness (QED) is 0.295. The van der Waals surface area contributed by atoms with Gasteiger partial charge in [-0.3, -0.25) is 0 Å². The highest BCUT2D eigenvalue weighted by Gasteiger charge is 2.15. The standard InChI is InChI=1S/C10H12N2O3.ClH/c11-9(10(13)14)5-7-1-3-8(4-2-7)6-12-15;/h1-4,6,9,15H,5,11H2,(H,13,14);1H/b12-6+;. The van der Waals surface area contributed by atoms with Gasteiger partial charge in [0, 0.05) is 6.42 Å². The van der Waals surface area contributed by atoms with Crippen molar-refractivity contribution in [3.05, 3.63) is 35.4 Å². The average molecular weight is 245 g/mol. The first-order chi connectivity index (χ1) is 7.13. The molecule has 0 saturated carbocycles. The molecule has 6 heteroatoms. The Kier molecular flexibility index (Phi) is 6.14. The Morgan fingerprint density at radius 3 is 2.44 bits per heavy atom. The van der Waals surface area contributed by atoms with E-state index in [1.807, 2.05) is 0 Å². The third-order valence-electron chi connectivity index (χ3n) is 2.02. The predicted molar refractivity (Wildman–Crippen MR) is 53.8 cm³/mol. The number of carboxylic acids is 1. The van der Waals surface area contributed by atoms with E-state index in [2.05, 4.69) is 10.9 Å². The lowest BCUT2D eigenvalue weighted by atomic mass is 10.1. The molecule has 0 bridgehead atoms. The zero-order chi connectivity index (χ0) is 11.3. The SMILES string of the molecule is [Cl-].[NH3+]C(Cc1ccc(/C=N/O)cc1)C(=O)O. The number of hydrogen-bond acceptors (Lipinski definition) is 3. The lowest BCUT2D eigenvalue weighted by Gasteiger charge is -2.03. The van der Waals surface area contributed by atoms with Gasteiger partial charge in [-0.25, -0.2) is 4.79 Å². The van der Waals surface area contributed by atoms with Gasteiger partial charge in [0.05, 0.1) is 6.21 Å². The second-order valence-electron chi connectivity index (χ2n) is 3.23. The fourth-order valence-corrected chi connectivity index (χ4v) is 1.18. The Hall–Kier alpha value is -1.59. The van der Waals surface area contributed by atoms with Crippen molar-refractivity contribution >= 4 is 12.2 Å². The summed E-state index contributed by atoms with van der Waals surface area (Å²) in [5, 5.41) is 19.8. The molecule has 5 nitrogen and oxygen atoms in total. The van der Waals surface area contributed by atoms with Gasteiger partial charge < -0.3 is 28.5 Å². The Labute approximate surface area is 99.0 Å². The maximum absolute atomic E-state index is 10.6. The maximum Gasteiger partial charge on any atom is 0.362 e. The molecule has 0 aromatic heterocycles. The molecule has 0 heterocycles. The Balaban J connectivity index is 0.00000225. The molecule has 0 fully saturated rings. The van der Waals surface area contributed by atoms with E-state index in [1.165, 1.54) is 6.21 Å². The van der Waals surface area contributed by atoms with Gasteiger partial charge in [0.15, 0.2) is 6.04 Å². The van der Waals surface area contributed by atoms with Crippen molar-refractivity contribution in [3.63, 3.8) is 0 Å². The van der Waals surface area contributed by atoms with E-state index in [0.29, 0.717) is 6.42 Å². The summed E-state index contributed by atoms with van der Waals surface area (Å²) in [6.07, 6.45) is 1.70. The molecule has 1 rings (SSSR count). The fraction of sp³-hybridized carbons (Fsp3) is 0.200. The largest absolute Gasteiger partial charge is 1.00 e. The first-order valence-electron chi connectivity index (χ1n) is 4.45. The summed E-state index contributed by atoms with van der Waals surface area (Å²) >= 11 is 0. The lowest BCUT2D eigenvalue weighted by Crippen LogP contribution is -3.00. The van der Waals surface area contributed by atoms with E-state index in [1.54, 1.807) is 24.3 Å². The first kappa shape index (κ1) is 14.4. The summed E-state index contributed by atoms with van der Waals surface area (Å²) in [4.78, 5) is 10.6. The van der Waals surface area contributed by atoms with Crippen LogP contribution >= 0.6 is 0 Å². The topological polar surface area (TPSA) is 97.5 Å². The van der Waals surface area contributed by atoms with Crippen LogP contribution in [0.1, 0.15) is 11.1 Å². The van der Waals surface area contributed by atoms with Gasteiger partial charge in [-0.1, -0.05) is 29.4 Å². The van der Waals surface area contributed by atoms with Gasteiger partial charge in [-0.2, -0.15) is 0 Å². The molecule has 0 radical (unpaired) electrons. The average Bonchev–Trinajstić information content (AvgIpc) is 2.21. The van der Waals surface area contributed by atoms with Crippen LogP contribution in [0.25, 0.3) is 0 Å². The molecular formula is C10H13ClN2O3. The minimum Gasteiger partial charge on any atom is -1.00 e. The van der Waals surface area contributed by atoms with Crippen LogP contribution in [-0.2, 0) is 11.2 Å². The Morgan fingerprint density at radius 1 is 1.44 bits per heavy atom. The zero-order valence-electron chi connectivity index (χ0n) is 8.51. The molecule has 5 N–H and O–H groups in total. The smallest absolute Gasteiger partial charge is 0.362 e. The van der Waals surface area contributed by atoms with Gasteiger partial charge in [-0.15, -0.1) is 0 Å². The highest BCUT2D eigenvalue weighted by atomic mass is 35.5. The molecule has 88 valence electrons. The molecule has 0 amide bonds. The van der Waals surface area contributed by atoms with Gasteiger partial charge in [-0.05, 0) is 11.1 Å². The molecule has 0 aliphatic heterocycles. The zero-order valence-corrected chi connectivity index (χ0v) is 9.26. The molecule has 0 spiro atoms. The summed E-state index contributed by atoms with van der Waals surface area (Å²) in [6.45, 7) is 0. The third kappa shape index (κ3) is 4.29. The van der Waals surface area contributed by atoms with Crippen molar-refractivity contribution in [2.45, 2.75) is 12.5 Å². The van der Waals surface area contributed by atoms with Crippen molar-refractivity contribution in [3.8, 4) is 0 Å². The van der Waals surface area contributed by atoms with Crippen LogP contribution in [-0.4, -0.2) is 28.5 Å². The van der Waals surface area contributed by atoms with Crippen LogP contribution < -0.4 is 18.1 Å². The Bertz CT molecular complexity index is 365. The van der Waals surface area contributed by atoms with Crippen LogP contribution in [0.2, 0.25) is 0 Å². The number of carbonyl (C=O) groups is 1. The highest BCUT2D eigenvalue weighted by Crippen LogP contribution is 2.04. The van der Waals surface area contributed by atoms with Crippen LogP contribution in [0, 0.1) is 0 Å². The number of carboxylic acid groups (broad SMARTS) is 1. The van der Waals surface area contributed by atoms with Gasteiger partial charge in [0.2, 0.25) is 0 Å². The number of benzene rings is 1. The number of nitrogens with zero attached hydrogens (tertiary/aromatic N) is 1. The van der Waals surface area contributed by atoms with Crippen molar-refractivity contribution in [1.82, 2.24) is 0 Å². The van der Waals surface area contributed by atoms with Crippen molar-refractivity contribution in [2.24, 2.45) is 5.16 Å². The number of hydrogen-bond donors (Lipinski definition) is 3. The molecule has 1 unspecified atom stereocenters. The van der Waals surface area contributed by atoms with E-state index in [0.717, 1.165) is 11.1 Å². The van der Waals surface area contributed by atoms with Crippen molar-refractivity contribution in [1.29, 1.82) is 0 Å². The van der Waals surface area contributed by atoms with E-state index in [-0.39, 0.29) is 12.4 Å². The number of halogens is 1. The summed E-state index contributed by atoms with van der Waals surface area (Å²) < 4.78 is 0. The summed E-state index contributed by atoms with van der Waals surface area (Å²) in [5.41, 5.74) is 5.18. The molecule has 1 aromatic carbocycles. The molecular weight excluding hydrogens is 232 g/mol. The number of rotatable bonds is 4.